The van der Waals surface area contributed by atoms with Gasteiger partial charge in [0.15, 0.2) is 0 Å². The second-order valence-electron chi connectivity index (χ2n) is 16.8. The first kappa shape index (κ1) is 39.3. The van der Waals surface area contributed by atoms with Crippen LogP contribution in [0.5, 0.6) is 11.6 Å². The van der Waals surface area contributed by atoms with Gasteiger partial charge in [-0.05, 0) is 84.1 Å². The molecule has 0 unspecified atom stereocenters. The van der Waals surface area contributed by atoms with Gasteiger partial charge >= 0.3 is 6.09 Å². The van der Waals surface area contributed by atoms with E-state index in [0.29, 0.717) is 42.7 Å². The van der Waals surface area contributed by atoms with Crippen LogP contribution in [0.15, 0.2) is 42.6 Å². The first-order valence-corrected chi connectivity index (χ1v) is 20.3. The fourth-order valence-corrected chi connectivity index (χ4v) is 8.90. The summed E-state index contributed by atoms with van der Waals surface area (Å²) in [6.45, 7) is 10.7. The van der Waals surface area contributed by atoms with E-state index in [1.165, 1.54) is 4.90 Å². The molecule has 7 atom stereocenters. The normalized spacial score (nSPS) is 30.4. The summed E-state index contributed by atoms with van der Waals surface area (Å²) >= 11 is 0. The minimum absolute atomic E-state index is 0.0248. The number of fused-ring (bicyclic) bond motifs is 3. The molecule has 4 aliphatic rings. The zero-order chi connectivity index (χ0) is 39.2. The second-order valence-corrected chi connectivity index (χ2v) is 19.0. The number of aromatic nitrogens is 1. The highest BCUT2D eigenvalue weighted by Crippen LogP contribution is 2.47. The molecule has 6 rings (SSSR count). The number of methoxy groups -OCH3 is 1. The van der Waals surface area contributed by atoms with E-state index >= 15 is 0 Å². The Bertz CT molecular complexity index is 1940. The molecule has 0 bridgehead atoms. The molecule has 2 aliphatic carbocycles. The number of amides is 4. The Morgan fingerprint density at radius 3 is 2.44 bits per heavy atom. The third-order valence-corrected chi connectivity index (χ3v) is 13.3. The molecule has 0 spiro atoms. The Balaban J connectivity index is 1.35. The first-order valence-electron chi connectivity index (χ1n) is 18.8. The first-order chi connectivity index (χ1) is 25.4. The predicted octanol–water partition coefficient (Wildman–Crippen LogP) is 4.37. The molecule has 2 aliphatic heterocycles. The quantitative estimate of drug-likeness (QED) is 0.342. The van der Waals surface area contributed by atoms with Gasteiger partial charge in [0.25, 0.3) is 5.91 Å². The number of allylic oxidation sites excluding steroid dienone is 1. The Morgan fingerprint density at radius 2 is 1.78 bits per heavy atom. The summed E-state index contributed by atoms with van der Waals surface area (Å²) in [6, 6.07) is 5.25. The SMILES string of the molecule is COc1cnc(O[C@@H]2C[C@H]3C(=O)N[C@]4(C(=O)NS(=O)(=O)C5(C)CC5)C[C@H]4/C=C\CC[C@@H](C)C[C@@H](C)[C@H](NC(=O)OC(C)(C)C)C(=O)N3C2)c2ccccc12. The number of sulfonamides is 1. The summed E-state index contributed by atoms with van der Waals surface area (Å²) < 4.78 is 45.1. The highest BCUT2D eigenvalue weighted by Gasteiger charge is 2.63. The van der Waals surface area contributed by atoms with Gasteiger partial charge in [-0.25, -0.2) is 18.2 Å². The molecule has 1 aromatic carbocycles. The maximum Gasteiger partial charge on any atom is 0.408 e. The molecule has 3 fully saturated rings. The number of hydrogen-bond acceptors (Lipinski definition) is 10. The standard InChI is InChI=1S/C39H53N5O9S/c1-23-12-8-9-13-25-20-39(25,35(47)43-54(49,50)38(6)16-17-38)42-32(45)29-19-26(52-33-28-15-11-10-14-27(28)30(51-7)21-40-33)22-44(29)34(46)31(24(2)18-23)41-36(48)53-37(3,4)5/h9-11,13-15,21,23-26,29,31H,8,12,16-20,22H2,1-7H3,(H,41,48)(H,42,45)(H,43,47)/b13-9-/t23-,24-,25-,26-,29+,31+,39-/m1/s1. The van der Waals surface area contributed by atoms with E-state index in [9.17, 15) is 27.6 Å². The highest BCUT2D eigenvalue weighted by atomic mass is 32.2. The molecule has 1 aromatic heterocycles. The Labute approximate surface area is 317 Å². The van der Waals surface area contributed by atoms with Crippen LogP contribution in [0.25, 0.3) is 10.8 Å². The largest absolute Gasteiger partial charge is 0.494 e. The number of ether oxygens (including phenoxy) is 3. The van der Waals surface area contributed by atoms with Crippen molar-refractivity contribution in [1.82, 2.24) is 25.2 Å². The number of benzene rings is 1. The summed E-state index contributed by atoms with van der Waals surface area (Å²) in [5.74, 6) is -1.72. The zero-order valence-electron chi connectivity index (χ0n) is 32.1. The van der Waals surface area contributed by atoms with Crippen LogP contribution in [0.4, 0.5) is 4.79 Å². The summed E-state index contributed by atoms with van der Waals surface area (Å²) in [5, 5.41) is 7.16. The lowest BCUT2D eigenvalue weighted by Crippen LogP contribution is -2.59. The number of carbonyl (C=O) groups excluding carboxylic acids is 4. The van der Waals surface area contributed by atoms with Gasteiger partial charge in [0.05, 0.1) is 24.6 Å². The van der Waals surface area contributed by atoms with Crippen LogP contribution in [0.3, 0.4) is 0 Å². The van der Waals surface area contributed by atoms with E-state index in [1.807, 2.05) is 43.3 Å². The summed E-state index contributed by atoms with van der Waals surface area (Å²) in [5.41, 5.74) is -2.35. The van der Waals surface area contributed by atoms with Crippen LogP contribution in [-0.4, -0.2) is 89.8 Å². The van der Waals surface area contributed by atoms with Gasteiger partial charge < -0.3 is 29.7 Å². The number of nitrogens with zero attached hydrogens (tertiary/aromatic N) is 2. The van der Waals surface area contributed by atoms with E-state index in [0.717, 1.165) is 11.8 Å². The fraction of sp³-hybridized carbons (Fsp3) is 0.615. The average molecular weight is 768 g/mol. The van der Waals surface area contributed by atoms with Crippen LogP contribution in [0.1, 0.15) is 86.5 Å². The predicted molar refractivity (Wildman–Crippen MR) is 201 cm³/mol. The molecule has 3 heterocycles. The van der Waals surface area contributed by atoms with Crippen molar-refractivity contribution < 1.29 is 41.8 Å². The lowest BCUT2D eigenvalue weighted by molar-refractivity contribution is -0.142. The zero-order valence-corrected chi connectivity index (χ0v) is 33.0. The number of pyridine rings is 1. The molecular weight excluding hydrogens is 715 g/mol. The monoisotopic (exact) mass is 767 g/mol. The number of rotatable bonds is 7. The maximum atomic E-state index is 14.7. The van der Waals surface area contributed by atoms with Crippen molar-refractivity contribution in [2.24, 2.45) is 17.8 Å². The van der Waals surface area contributed by atoms with Crippen molar-refractivity contribution in [3.8, 4) is 11.6 Å². The summed E-state index contributed by atoms with van der Waals surface area (Å²) in [4.78, 5) is 62.2. The molecular formula is C39H53N5O9S. The van der Waals surface area contributed by atoms with Crippen LogP contribution in [0.2, 0.25) is 0 Å². The molecule has 54 heavy (non-hydrogen) atoms. The van der Waals surface area contributed by atoms with Crippen molar-refractivity contribution in [3.05, 3.63) is 42.6 Å². The van der Waals surface area contributed by atoms with Crippen molar-refractivity contribution in [2.75, 3.05) is 13.7 Å². The smallest absolute Gasteiger partial charge is 0.408 e. The Hall–Kier alpha value is -4.40. The van der Waals surface area contributed by atoms with Crippen molar-refractivity contribution in [1.29, 1.82) is 0 Å². The molecule has 4 amide bonds. The second kappa shape index (κ2) is 14.7. The Kier molecular flexibility index (Phi) is 10.7. The summed E-state index contributed by atoms with van der Waals surface area (Å²) in [7, 11) is -2.45. The number of hydrogen-bond donors (Lipinski definition) is 3. The lowest BCUT2D eigenvalue weighted by Gasteiger charge is -2.33. The van der Waals surface area contributed by atoms with Gasteiger partial charge in [0.1, 0.15) is 35.1 Å². The highest BCUT2D eigenvalue weighted by molar-refractivity contribution is 7.91. The van der Waals surface area contributed by atoms with Crippen LogP contribution >= 0.6 is 0 Å². The topological polar surface area (TPSA) is 182 Å². The minimum atomic E-state index is -4.00. The third-order valence-electron chi connectivity index (χ3n) is 11.1. The van der Waals surface area contributed by atoms with Crippen molar-refractivity contribution in [2.45, 2.75) is 121 Å². The van der Waals surface area contributed by atoms with E-state index in [1.54, 1.807) is 41.0 Å². The lowest BCUT2D eigenvalue weighted by atomic mass is 9.88. The molecule has 2 aromatic rings. The van der Waals surface area contributed by atoms with E-state index in [-0.39, 0.29) is 31.2 Å². The average Bonchev–Trinajstić information content (AvgIpc) is 3.98. The van der Waals surface area contributed by atoms with Gasteiger partial charge in [-0.1, -0.05) is 44.2 Å². The van der Waals surface area contributed by atoms with Gasteiger partial charge in [-0.3, -0.25) is 19.1 Å². The number of alkyl carbamates (subject to hydrolysis) is 1. The molecule has 0 radical (unpaired) electrons. The minimum Gasteiger partial charge on any atom is -0.494 e. The van der Waals surface area contributed by atoms with Gasteiger partial charge in [0, 0.05) is 23.1 Å². The molecule has 294 valence electrons. The van der Waals surface area contributed by atoms with Crippen LogP contribution < -0.4 is 24.8 Å². The van der Waals surface area contributed by atoms with Crippen molar-refractivity contribution in [3.63, 3.8) is 0 Å². The molecule has 15 heteroatoms. The van der Waals surface area contributed by atoms with E-state index < -0.39 is 73.8 Å². The fourth-order valence-electron chi connectivity index (χ4n) is 7.59. The van der Waals surface area contributed by atoms with E-state index in [2.05, 4.69) is 27.3 Å². The van der Waals surface area contributed by atoms with Gasteiger partial charge in [-0.15, -0.1) is 0 Å². The van der Waals surface area contributed by atoms with E-state index in [4.69, 9.17) is 14.2 Å². The third kappa shape index (κ3) is 8.15. The van der Waals surface area contributed by atoms with Gasteiger partial charge in [-0.2, -0.15) is 0 Å². The summed E-state index contributed by atoms with van der Waals surface area (Å²) in [6.07, 6.45) is 7.06. The number of carbonyl (C=O) groups is 4. The van der Waals surface area contributed by atoms with Gasteiger partial charge in [0.2, 0.25) is 27.7 Å². The van der Waals surface area contributed by atoms with Crippen molar-refractivity contribution >= 4 is 44.6 Å². The van der Waals surface area contributed by atoms with Crippen LogP contribution in [0, 0.1) is 17.8 Å². The number of nitrogens with one attached hydrogen (secondary N) is 3. The molecule has 14 nitrogen and oxygen atoms in total. The Morgan fingerprint density at radius 1 is 1.07 bits per heavy atom. The molecule has 3 N–H and O–H groups in total. The maximum absolute atomic E-state index is 14.7. The van der Waals surface area contributed by atoms with Crippen LogP contribution in [-0.2, 0) is 29.1 Å². The molecule has 2 saturated carbocycles. The molecule has 1 saturated heterocycles.